The van der Waals surface area contributed by atoms with Gasteiger partial charge in [0.05, 0.1) is 23.5 Å². The van der Waals surface area contributed by atoms with E-state index in [1.54, 1.807) is 0 Å². The molecule has 0 aliphatic rings. The lowest BCUT2D eigenvalue weighted by atomic mass is 10.1. The number of hydrogen-bond donors (Lipinski definition) is 1. The highest BCUT2D eigenvalue weighted by atomic mass is 32.2. The topological polar surface area (TPSA) is 112 Å². The summed E-state index contributed by atoms with van der Waals surface area (Å²) in [6.07, 6.45) is 0.652. The molecule has 1 N–H and O–H groups in total. The number of carbonyl (C=O) groups is 1. The van der Waals surface area contributed by atoms with E-state index in [4.69, 9.17) is 4.74 Å². The van der Waals surface area contributed by atoms with E-state index in [9.17, 15) is 14.9 Å². The number of carbonyl (C=O) groups excluding carboxylic acids is 1. The van der Waals surface area contributed by atoms with Crippen molar-refractivity contribution in [1.82, 2.24) is 14.8 Å². The molecular formula is C20H21N5O4S. The van der Waals surface area contributed by atoms with Gasteiger partial charge in [-0.3, -0.25) is 14.9 Å². The molecule has 0 unspecified atom stereocenters. The van der Waals surface area contributed by atoms with Crippen molar-refractivity contribution < 1.29 is 14.5 Å². The van der Waals surface area contributed by atoms with Crippen molar-refractivity contribution >= 4 is 29.0 Å². The van der Waals surface area contributed by atoms with Gasteiger partial charge in [0.1, 0.15) is 11.6 Å². The average Bonchev–Trinajstić information content (AvgIpc) is 3.14. The van der Waals surface area contributed by atoms with E-state index >= 15 is 0 Å². The Morgan fingerprint density at radius 1 is 1.23 bits per heavy atom. The second kappa shape index (κ2) is 9.88. The van der Waals surface area contributed by atoms with Gasteiger partial charge in [-0.1, -0.05) is 42.1 Å². The fourth-order valence-corrected chi connectivity index (χ4v) is 3.70. The number of aromatic nitrogens is 3. The summed E-state index contributed by atoms with van der Waals surface area (Å²) in [5.41, 5.74) is 1.25. The van der Waals surface area contributed by atoms with E-state index in [2.05, 4.69) is 15.5 Å². The number of non-ortho nitro benzene ring substituents is 1. The number of thioether (sulfide) groups is 1. The number of amides is 1. The van der Waals surface area contributed by atoms with Crippen LogP contribution in [0, 0.1) is 10.1 Å². The minimum Gasteiger partial charge on any atom is -0.495 e. The standard InChI is InChI=1S/C20H21N5O4S/c1-3-24-18(11-14-7-5-4-6-8-14)22-23-20(24)30-13-19(26)21-16-12-15(25(27)28)9-10-17(16)29-2/h4-10,12H,3,11,13H2,1-2H3,(H,21,26). The van der Waals surface area contributed by atoms with Crippen molar-refractivity contribution in [3.05, 3.63) is 70.0 Å². The monoisotopic (exact) mass is 427 g/mol. The van der Waals surface area contributed by atoms with Crippen LogP contribution in [-0.2, 0) is 17.8 Å². The van der Waals surface area contributed by atoms with Gasteiger partial charge in [-0.25, -0.2) is 0 Å². The van der Waals surface area contributed by atoms with E-state index in [0.29, 0.717) is 23.9 Å². The lowest BCUT2D eigenvalue weighted by Crippen LogP contribution is -2.15. The van der Waals surface area contributed by atoms with Gasteiger partial charge >= 0.3 is 0 Å². The van der Waals surface area contributed by atoms with Gasteiger partial charge in [-0.2, -0.15) is 0 Å². The van der Waals surface area contributed by atoms with Gasteiger partial charge in [0.25, 0.3) is 5.69 Å². The number of benzene rings is 2. The van der Waals surface area contributed by atoms with Crippen LogP contribution in [-0.4, -0.2) is 38.5 Å². The smallest absolute Gasteiger partial charge is 0.271 e. The average molecular weight is 427 g/mol. The Hall–Kier alpha value is -3.40. The molecule has 1 aromatic heterocycles. The van der Waals surface area contributed by atoms with Crippen LogP contribution in [0.1, 0.15) is 18.3 Å². The van der Waals surface area contributed by atoms with E-state index in [-0.39, 0.29) is 23.0 Å². The third-order valence-electron chi connectivity index (χ3n) is 4.32. The van der Waals surface area contributed by atoms with Gasteiger partial charge < -0.3 is 14.6 Å². The maximum absolute atomic E-state index is 12.4. The van der Waals surface area contributed by atoms with E-state index in [1.165, 1.54) is 37.1 Å². The fourth-order valence-electron chi connectivity index (χ4n) is 2.88. The summed E-state index contributed by atoms with van der Waals surface area (Å²) in [4.78, 5) is 22.9. The summed E-state index contributed by atoms with van der Waals surface area (Å²) in [5, 5.41) is 22.8. The molecular weight excluding hydrogens is 406 g/mol. The molecule has 0 fully saturated rings. The van der Waals surface area contributed by atoms with Crippen molar-refractivity contribution in [3.63, 3.8) is 0 Å². The van der Waals surface area contributed by atoms with Crippen molar-refractivity contribution in [1.29, 1.82) is 0 Å². The lowest BCUT2D eigenvalue weighted by Gasteiger charge is -2.10. The molecule has 9 nitrogen and oxygen atoms in total. The summed E-state index contributed by atoms with van der Waals surface area (Å²) in [7, 11) is 1.43. The first kappa shape index (κ1) is 21.3. The molecule has 0 aliphatic heterocycles. The Balaban J connectivity index is 1.66. The van der Waals surface area contributed by atoms with Crippen LogP contribution in [0.2, 0.25) is 0 Å². The van der Waals surface area contributed by atoms with Crippen molar-refractivity contribution in [2.75, 3.05) is 18.2 Å². The molecule has 30 heavy (non-hydrogen) atoms. The third kappa shape index (κ3) is 5.15. The summed E-state index contributed by atoms with van der Waals surface area (Å²) < 4.78 is 7.14. The molecule has 2 aromatic carbocycles. The highest BCUT2D eigenvalue weighted by Crippen LogP contribution is 2.29. The zero-order valence-electron chi connectivity index (χ0n) is 16.6. The van der Waals surface area contributed by atoms with Crippen LogP contribution in [0.3, 0.4) is 0 Å². The highest BCUT2D eigenvalue weighted by molar-refractivity contribution is 7.99. The summed E-state index contributed by atoms with van der Waals surface area (Å²) in [6, 6.07) is 14.0. The molecule has 3 rings (SSSR count). The van der Waals surface area contributed by atoms with Crippen LogP contribution < -0.4 is 10.1 Å². The van der Waals surface area contributed by atoms with Gasteiger partial charge in [-0.15, -0.1) is 10.2 Å². The predicted octanol–water partition coefficient (Wildman–Crippen LogP) is 3.54. The summed E-state index contributed by atoms with van der Waals surface area (Å²) in [5.74, 6) is 0.928. The van der Waals surface area contributed by atoms with Gasteiger partial charge in [0, 0.05) is 25.1 Å². The number of ether oxygens (including phenoxy) is 1. The maximum Gasteiger partial charge on any atom is 0.271 e. The normalized spacial score (nSPS) is 10.6. The Morgan fingerprint density at radius 3 is 2.67 bits per heavy atom. The van der Waals surface area contributed by atoms with E-state index in [0.717, 1.165) is 11.4 Å². The second-order valence-electron chi connectivity index (χ2n) is 6.28. The fraction of sp³-hybridized carbons (Fsp3) is 0.250. The number of nitro groups is 1. The zero-order valence-corrected chi connectivity index (χ0v) is 17.4. The van der Waals surface area contributed by atoms with Gasteiger partial charge in [-0.05, 0) is 18.6 Å². The molecule has 3 aromatic rings. The molecule has 0 radical (unpaired) electrons. The van der Waals surface area contributed by atoms with Crippen molar-refractivity contribution in [3.8, 4) is 5.75 Å². The Bertz CT molecular complexity index is 1040. The lowest BCUT2D eigenvalue weighted by molar-refractivity contribution is -0.384. The molecule has 0 saturated carbocycles. The van der Waals surface area contributed by atoms with Crippen LogP contribution in [0.4, 0.5) is 11.4 Å². The predicted molar refractivity (Wildman–Crippen MR) is 114 cm³/mol. The number of nitrogens with one attached hydrogen (secondary N) is 1. The third-order valence-corrected chi connectivity index (χ3v) is 5.28. The molecule has 1 heterocycles. The van der Waals surface area contributed by atoms with Crippen LogP contribution in [0.15, 0.2) is 53.7 Å². The van der Waals surface area contributed by atoms with Crippen LogP contribution >= 0.6 is 11.8 Å². The Labute approximate surface area is 177 Å². The molecule has 0 bridgehead atoms. The maximum atomic E-state index is 12.4. The summed E-state index contributed by atoms with van der Waals surface area (Å²) in [6.45, 7) is 2.67. The minimum absolute atomic E-state index is 0.0787. The first-order valence-electron chi connectivity index (χ1n) is 9.23. The molecule has 0 aliphatic carbocycles. The number of nitrogens with zero attached hydrogens (tertiary/aromatic N) is 4. The molecule has 0 saturated heterocycles. The Morgan fingerprint density at radius 2 is 2.00 bits per heavy atom. The first-order valence-corrected chi connectivity index (χ1v) is 10.2. The van der Waals surface area contributed by atoms with Crippen molar-refractivity contribution in [2.45, 2.75) is 25.0 Å². The number of hydrogen-bond acceptors (Lipinski definition) is 7. The first-order chi connectivity index (χ1) is 14.5. The quantitative estimate of drug-likeness (QED) is 0.316. The minimum atomic E-state index is -0.526. The molecule has 0 atom stereocenters. The van der Waals surface area contributed by atoms with Crippen molar-refractivity contribution in [2.24, 2.45) is 0 Å². The number of anilines is 1. The van der Waals surface area contributed by atoms with E-state index < -0.39 is 4.92 Å². The van der Waals surface area contributed by atoms with E-state index in [1.807, 2.05) is 41.8 Å². The molecule has 156 valence electrons. The van der Waals surface area contributed by atoms with Crippen LogP contribution in [0.5, 0.6) is 5.75 Å². The summed E-state index contributed by atoms with van der Waals surface area (Å²) >= 11 is 1.26. The van der Waals surface area contributed by atoms with Crippen LogP contribution in [0.25, 0.3) is 0 Å². The molecule has 0 spiro atoms. The highest BCUT2D eigenvalue weighted by Gasteiger charge is 2.16. The number of rotatable bonds is 9. The molecule has 10 heteroatoms. The second-order valence-corrected chi connectivity index (χ2v) is 7.23. The SMILES string of the molecule is CCn1c(Cc2ccccc2)nnc1SCC(=O)Nc1cc([N+](=O)[O-])ccc1OC. The number of nitro benzene ring substituents is 1. The zero-order chi connectivity index (χ0) is 21.5. The number of methoxy groups -OCH3 is 1. The van der Waals surface area contributed by atoms with Gasteiger partial charge in [0.2, 0.25) is 5.91 Å². The Kier molecular flexibility index (Phi) is 7.02. The largest absolute Gasteiger partial charge is 0.495 e. The van der Waals surface area contributed by atoms with Gasteiger partial charge in [0.15, 0.2) is 5.16 Å². The molecule has 1 amide bonds.